The lowest BCUT2D eigenvalue weighted by atomic mass is 10.1. The zero-order valence-corrected chi connectivity index (χ0v) is 14.4. The number of hydrogen-bond acceptors (Lipinski definition) is 4. The van der Waals surface area contributed by atoms with Gasteiger partial charge in [0.1, 0.15) is 18.5 Å². The van der Waals surface area contributed by atoms with Crippen molar-refractivity contribution in [2.75, 3.05) is 0 Å². The Hall–Kier alpha value is -2.58. The summed E-state index contributed by atoms with van der Waals surface area (Å²) in [6.07, 6.45) is 3.08. The summed E-state index contributed by atoms with van der Waals surface area (Å²) >= 11 is 0. The number of aryl methyl sites for hydroxylation is 1. The van der Waals surface area contributed by atoms with Crippen molar-refractivity contribution < 1.29 is 12.8 Å². The van der Waals surface area contributed by atoms with Crippen molar-refractivity contribution in [3.8, 4) is 0 Å². The Bertz CT molecular complexity index is 972. The van der Waals surface area contributed by atoms with Crippen molar-refractivity contribution in [2.45, 2.75) is 24.9 Å². The van der Waals surface area contributed by atoms with Crippen LogP contribution < -0.4 is 4.72 Å². The highest BCUT2D eigenvalue weighted by Crippen LogP contribution is 2.16. The van der Waals surface area contributed by atoms with Crippen LogP contribution in [0.2, 0.25) is 0 Å². The molecular weight excluding hydrogens is 343 g/mol. The fourth-order valence-electron chi connectivity index (χ4n) is 2.51. The van der Waals surface area contributed by atoms with E-state index in [-0.39, 0.29) is 11.4 Å². The summed E-state index contributed by atoms with van der Waals surface area (Å²) in [6, 6.07) is 11.1. The van der Waals surface area contributed by atoms with Crippen LogP contribution in [-0.2, 0) is 23.1 Å². The number of halogens is 1. The Morgan fingerprint density at radius 2 is 1.96 bits per heavy atom. The van der Waals surface area contributed by atoms with E-state index in [1.54, 1.807) is 17.9 Å². The van der Waals surface area contributed by atoms with Gasteiger partial charge in [0.25, 0.3) is 0 Å². The molecule has 0 aliphatic carbocycles. The van der Waals surface area contributed by atoms with Gasteiger partial charge in [-0.3, -0.25) is 0 Å². The van der Waals surface area contributed by atoms with E-state index in [9.17, 15) is 12.8 Å². The van der Waals surface area contributed by atoms with E-state index in [1.807, 2.05) is 24.3 Å². The Balaban J connectivity index is 1.72. The van der Waals surface area contributed by atoms with Gasteiger partial charge in [0.05, 0.1) is 11.4 Å². The molecule has 1 aromatic heterocycles. The molecule has 3 rings (SSSR count). The predicted molar refractivity (Wildman–Crippen MR) is 90.7 cm³/mol. The molecule has 0 saturated carbocycles. The maximum atomic E-state index is 13.2. The van der Waals surface area contributed by atoms with Crippen molar-refractivity contribution in [3.63, 3.8) is 0 Å². The van der Waals surface area contributed by atoms with E-state index >= 15 is 0 Å². The Kier molecular flexibility index (Phi) is 4.91. The van der Waals surface area contributed by atoms with Crippen molar-refractivity contribution in [1.29, 1.82) is 0 Å². The van der Waals surface area contributed by atoms with Gasteiger partial charge in [-0.1, -0.05) is 24.3 Å². The number of benzene rings is 2. The van der Waals surface area contributed by atoms with Crippen LogP contribution in [0, 0.1) is 12.7 Å². The number of rotatable bonds is 6. The summed E-state index contributed by atoms with van der Waals surface area (Å²) in [7, 11) is -3.71. The molecule has 0 radical (unpaired) electrons. The highest BCUT2D eigenvalue weighted by atomic mass is 32.2. The lowest BCUT2D eigenvalue weighted by Crippen LogP contribution is -2.24. The zero-order valence-electron chi connectivity index (χ0n) is 13.6. The van der Waals surface area contributed by atoms with Crippen LogP contribution in [0.3, 0.4) is 0 Å². The molecule has 8 heteroatoms. The van der Waals surface area contributed by atoms with E-state index < -0.39 is 15.8 Å². The number of aromatic nitrogens is 3. The fourth-order valence-corrected chi connectivity index (χ4v) is 3.75. The summed E-state index contributed by atoms with van der Waals surface area (Å²) in [5.41, 5.74) is 2.17. The van der Waals surface area contributed by atoms with Gasteiger partial charge in [-0.25, -0.2) is 27.2 Å². The largest absolute Gasteiger partial charge is 0.249 e. The van der Waals surface area contributed by atoms with E-state index in [0.29, 0.717) is 12.1 Å². The maximum Gasteiger partial charge on any atom is 0.241 e. The van der Waals surface area contributed by atoms with Crippen molar-refractivity contribution >= 4 is 10.0 Å². The Morgan fingerprint density at radius 3 is 2.68 bits per heavy atom. The van der Waals surface area contributed by atoms with E-state index in [1.165, 1.54) is 18.5 Å². The Labute approximate surface area is 145 Å². The quantitative estimate of drug-likeness (QED) is 0.731. The molecule has 0 spiro atoms. The molecule has 25 heavy (non-hydrogen) atoms. The predicted octanol–water partition coefficient (Wildman–Crippen LogP) is 2.25. The first kappa shape index (κ1) is 17.2. The third-order valence-corrected chi connectivity index (χ3v) is 5.26. The number of hydrogen-bond donors (Lipinski definition) is 1. The van der Waals surface area contributed by atoms with Gasteiger partial charge in [0, 0.05) is 6.54 Å². The van der Waals surface area contributed by atoms with Gasteiger partial charge < -0.3 is 0 Å². The molecule has 0 bridgehead atoms. The molecule has 0 aliphatic rings. The molecule has 0 fully saturated rings. The second-order valence-electron chi connectivity index (χ2n) is 5.65. The van der Waals surface area contributed by atoms with Gasteiger partial charge >= 0.3 is 0 Å². The molecule has 0 aliphatic heterocycles. The molecule has 0 unspecified atom stereocenters. The molecule has 2 aromatic carbocycles. The minimum Gasteiger partial charge on any atom is -0.249 e. The van der Waals surface area contributed by atoms with Gasteiger partial charge in [0.2, 0.25) is 10.0 Å². The third-order valence-electron chi connectivity index (χ3n) is 3.70. The average Bonchev–Trinajstić information content (AvgIpc) is 3.06. The smallest absolute Gasteiger partial charge is 0.241 e. The van der Waals surface area contributed by atoms with Crippen LogP contribution in [0.1, 0.15) is 16.7 Å². The lowest BCUT2D eigenvalue weighted by molar-refractivity contribution is 0.579. The van der Waals surface area contributed by atoms with Crippen molar-refractivity contribution in [1.82, 2.24) is 19.5 Å². The molecule has 3 aromatic rings. The molecule has 0 atom stereocenters. The van der Waals surface area contributed by atoms with Crippen LogP contribution in [0.15, 0.2) is 60.0 Å². The highest BCUT2D eigenvalue weighted by Gasteiger charge is 2.16. The highest BCUT2D eigenvalue weighted by molar-refractivity contribution is 7.89. The first-order chi connectivity index (χ1) is 11.9. The maximum absolute atomic E-state index is 13.2. The van der Waals surface area contributed by atoms with Crippen LogP contribution in [0.5, 0.6) is 0 Å². The molecular formula is C17H17FN4O2S. The first-order valence-electron chi connectivity index (χ1n) is 7.60. The molecule has 0 saturated heterocycles. The summed E-state index contributed by atoms with van der Waals surface area (Å²) < 4.78 is 42.2. The second kappa shape index (κ2) is 7.12. The zero-order chi connectivity index (χ0) is 17.9. The molecule has 0 amide bonds. The Morgan fingerprint density at radius 1 is 1.16 bits per heavy atom. The van der Waals surface area contributed by atoms with Gasteiger partial charge in [-0.05, 0) is 41.8 Å². The summed E-state index contributed by atoms with van der Waals surface area (Å²) in [6.45, 7) is 2.26. The van der Waals surface area contributed by atoms with Crippen LogP contribution >= 0.6 is 0 Å². The SMILES string of the molecule is Cc1cc(F)ccc1S(=O)(=O)NCc1cccc(Cn2cncn2)c1. The van der Waals surface area contributed by atoms with E-state index in [2.05, 4.69) is 14.8 Å². The molecule has 1 N–H and O–H groups in total. The van der Waals surface area contributed by atoms with Crippen LogP contribution in [0.4, 0.5) is 4.39 Å². The monoisotopic (exact) mass is 360 g/mol. The topological polar surface area (TPSA) is 76.9 Å². The summed E-state index contributed by atoms with van der Waals surface area (Å²) in [4.78, 5) is 3.97. The van der Waals surface area contributed by atoms with Gasteiger partial charge in [-0.2, -0.15) is 5.10 Å². The van der Waals surface area contributed by atoms with Crippen molar-refractivity contribution in [2.24, 2.45) is 0 Å². The van der Waals surface area contributed by atoms with Gasteiger partial charge in [-0.15, -0.1) is 0 Å². The van der Waals surface area contributed by atoms with E-state index in [4.69, 9.17) is 0 Å². The van der Waals surface area contributed by atoms with Gasteiger partial charge in [0.15, 0.2) is 0 Å². The fraction of sp³-hybridized carbons (Fsp3) is 0.176. The summed E-state index contributed by atoms with van der Waals surface area (Å²) in [5.74, 6) is -0.461. The first-order valence-corrected chi connectivity index (χ1v) is 9.08. The molecule has 130 valence electrons. The standard InChI is InChI=1S/C17H17FN4O2S/c1-13-7-16(18)5-6-17(13)25(23,24)21-9-14-3-2-4-15(8-14)10-22-12-19-11-20-22/h2-8,11-12,21H,9-10H2,1H3. The molecule has 6 nitrogen and oxygen atoms in total. The average molecular weight is 360 g/mol. The lowest BCUT2D eigenvalue weighted by Gasteiger charge is -2.10. The minimum absolute atomic E-state index is 0.0765. The van der Waals surface area contributed by atoms with Crippen LogP contribution in [-0.4, -0.2) is 23.2 Å². The number of nitrogens with one attached hydrogen (secondary N) is 1. The van der Waals surface area contributed by atoms with Crippen molar-refractivity contribution in [3.05, 3.63) is 77.6 Å². The minimum atomic E-state index is -3.71. The van der Waals surface area contributed by atoms with E-state index in [0.717, 1.165) is 17.2 Å². The number of sulfonamides is 1. The number of nitrogens with zero attached hydrogens (tertiary/aromatic N) is 3. The second-order valence-corrected chi connectivity index (χ2v) is 7.38. The normalized spacial score (nSPS) is 11.6. The van der Waals surface area contributed by atoms with Crippen LogP contribution in [0.25, 0.3) is 0 Å². The molecule has 1 heterocycles. The summed E-state index contributed by atoms with van der Waals surface area (Å²) in [5, 5.41) is 4.05. The third kappa shape index (κ3) is 4.28.